The average molecular weight is 286 g/mol. The monoisotopic (exact) mass is 285 g/mol. The van der Waals surface area contributed by atoms with E-state index >= 15 is 0 Å². The number of halogens is 1. The maximum absolute atomic E-state index is 5.48. The Morgan fingerprint density at radius 1 is 1.38 bits per heavy atom. The van der Waals surface area contributed by atoms with E-state index in [2.05, 4.69) is 21.2 Å². The third-order valence-electron chi connectivity index (χ3n) is 3.14. The smallest absolute Gasteiger partial charge is 0.165 e. The minimum absolute atomic E-state index is 0.358. The van der Waals surface area contributed by atoms with E-state index in [0.717, 1.165) is 28.8 Å². The second-order valence-corrected chi connectivity index (χ2v) is 4.72. The van der Waals surface area contributed by atoms with Gasteiger partial charge in [0, 0.05) is 16.1 Å². The average Bonchev–Trinajstić information content (AvgIpc) is 2.73. The fourth-order valence-corrected chi connectivity index (χ4v) is 2.99. The van der Waals surface area contributed by atoms with Gasteiger partial charge in [0.25, 0.3) is 0 Å². The van der Waals surface area contributed by atoms with Crippen LogP contribution in [0.2, 0.25) is 0 Å². The molecule has 2 rings (SSSR count). The van der Waals surface area contributed by atoms with Crippen LogP contribution >= 0.6 is 15.9 Å². The van der Waals surface area contributed by atoms with Crippen LogP contribution in [0.25, 0.3) is 0 Å². The Kier molecular flexibility index (Phi) is 3.40. The highest BCUT2D eigenvalue weighted by molar-refractivity contribution is 9.10. The van der Waals surface area contributed by atoms with Gasteiger partial charge in [-0.1, -0.05) is 15.9 Å². The van der Waals surface area contributed by atoms with Crippen molar-refractivity contribution < 1.29 is 9.47 Å². The molecule has 0 aliphatic heterocycles. The molecule has 0 heterocycles. The third kappa shape index (κ3) is 1.70. The van der Waals surface area contributed by atoms with Crippen LogP contribution in [0, 0.1) is 0 Å². The number of methoxy groups -OCH3 is 2. The van der Waals surface area contributed by atoms with E-state index in [4.69, 9.17) is 9.47 Å². The maximum atomic E-state index is 5.48. The SMILES string of the molecule is CNC1CCc2c(Br)cc(OC)c(OC)c21. The first kappa shape index (κ1) is 11.7. The van der Waals surface area contributed by atoms with Crippen molar-refractivity contribution in [3.05, 3.63) is 21.7 Å². The standard InChI is InChI=1S/C12H16BrNO2/c1-14-9-5-4-7-8(13)6-10(15-2)12(16-3)11(7)9/h6,9,14H,4-5H2,1-3H3. The number of rotatable bonds is 3. The van der Waals surface area contributed by atoms with E-state index in [-0.39, 0.29) is 0 Å². The molecule has 0 fully saturated rings. The normalized spacial score (nSPS) is 18.4. The summed E-state index contributed by atoms with van der Waals surface area (Å²) in [5.41, 5.74) is 2.56. The minimum atomic E-state index is 0.358. The van der Waals surface area contributed by atoms with Gasteiger partial charge in [0.2, 0.25) is 0 Å². The molecule has 0 spiro atoms. The molecule has 0 saturated carbocycles. The van der Waals surface area contributed by atoms with Gasteiger partial charge in [-0.15, -0.1) is 0 Å². The summed E-state index contributed by atoms with van der Waals surface area (Å²) >= 11 is 3.60. The lowest BCUT2D eigenvalue weighted by molar-refractivity contribution is 0.348. The molecule has 0 radical (unpaired) electrons. The van der Waals surface area contributed by atoms with E-state index in [1.54, 1.807) is 14.2 Å². The molecule has 1 unspecified atom stereocenters. The number of fused-ring (bicyclic) bond motifs is 1. The van der Waals surface area contributed by atoms with Crippen LogP contribution in [0.3, 0.4) is 0 Å². The quantitative estimate of drug-likeness (QED) is 0.926. The molecule has 88 valence electrons. The third-order valence-corrected chi connectivity index (χ3v) is 3.85. The van der Waals surface area contributed by atoms with Crippen LogP contribution < -0.4 is 14.8 Å². The Bertz CT molecular complexity index is 406. The van der Waals surface area contributed by atoms with Gasteiger partial charge < -0.3 is 14.8 Å². The molecule has 0 bridgehead atoms. The van der Waals surface area contributed by atoms with Gasteiger partial charge >= 0.3 is 0 Å². The number of hydrogen-bond acceptors (Lipinski definition) is 3. The molecule has 0 aromatic heterocycles. The Balaban J connectivity index is 2.62. The highest BCUT2D eigenvalue weighted by Crippen LogP contribution is 2.46. The molecule has 0 saturated heterocycles. The van der Waals surface area contributed by atoms with Gasteiger partial charge in [-0.25, -0.2) is 0 Å². The minimum Gasteiger partial charge on any atom is -0.493 e. The fourth-order valence-electron chi connectivity index (χ4n) is 2.37. The van der Waals surface area contributed by atoms with Gasteiger partial charge in [0.15, 0.2) is 11.5 Å². The maximum Gasteiger partial charge on any atom is 0.165 e. The van der Waals surface area contributed by atoms with Crippen LogP contribution in [0.5, 0.6) is 11.5 Å². The number of hydrogen-bond donors (Lipinski definition) is 1. The van der Waals surface area contributed by atoms with Gasteiger partial charge in [-0.05, 0) is 31.5 Å². The van der Waals surface area contributed by atoms with Crippen molar-refractivity contribution in [1.29, 1.82) is 0 Å². The van der Waals surface area contributed by atoms with Crippen LogP contribution in [0.4, 0.5) is 0 Å². The molecule has 1 aliphatic rings. The van der Waals surface area contributed by atoms with Crippen LogP contribution in [0.1, 0.15) is 23.6 Å². The summed E-state index contributed by atoms with van der Waals surface area (Å²) < 4.78 is 11.9. The van der Waals surface area contributed by atoms with Crippen molar-refractivity contribution in [2.24, 2.45) is 0 Å². The molecule has 1 aliphatic carbocycles. The fraction of sp³-hybridized carbons (Fsp3) is 0.500. The van der Waals surface area contributed by atoms with Crippen LogP contribution in [-0.4, -0.2) is 21.3 Å². The van der Waals surface area contributed by atoms with Gasteiger partial charge in [-0.2, -0.15) is 0 Å². The first-order valence-corrected chi connectivity index (χ1v) is 6.12. The lowest BCUT2D eigenvalue weighted by Gasteiger charge is -2.17. The second kappa shape index (κ2) is 4.63. The van der Waals surface area contributed by atoms with E-state index in [9.17, 15) is 0 Å². The van der Waals surface area contributed by atoms with Crippen molar-refractivity contribution in [2.75, 3.05) is 21.3 Å². The predicted molar refractivity (Wildman–Crippen MR) is 67.4 cm³/mol. The van der Waals surface area contributed by atoms with Crippen molar-refractivity contribution in [3.8, 4) is 11.5 Å². The van der Waals surface area contributed by atoms with Crippen molar-refractivity contribution >= 4 is 15.9 Å². The second-order valence-electron chi connectivity index (χ2n) is 3.87. The van der Waals surface area contributed by atoms with E-state index in [0.29, 0.717) is 6.04 Å². The highest BCUT2D eigenvalue weighted by atomic mass is 79.9. The molecular formula is C12H16BrNO2. The Hall–Kier alpha value is -0.740. The van der Waals surface area contributed by atoms with E-state index < -0.39 is 0 Å². The Labute approximate surface area is 104 Å². The molecule has 1 aromatic rings. The van der Waals surface area contributed by atoms with Gasteiger partial charge in [-0.3, -0.25) is 0 Å². The first-order valence-electron chi connectivity index (χ1n) is 5.33. The zero-order valence-corrected chi connectivity index (χ0v) is 11.3. The summed E-state index contributed by atoms with van der Waals surface area (Å²) in [5.74, 6) is 1.65. The molecule has 4 heteroatoms. The topological polar surface area (TPSA) is 30.5 Å². The molecule has 16 heavy (non-hydrogen) atoms. The summed E-state index contributed by atoms with van der Waals surface area (Å²) in [6, 6.07) is 2.34. The lowest BCUT2D eigenvalue weighted by atomic mass is 10.1. The molecular weight excluding hydrogens is 270 g/mol. The summed E-state index contributed by atoms with van der Waals surface area (Å²) in [5, 5.41) is 3.32. The van der Waals surface area contributed by atoms with Crippen molar-refractivity contribution in [1.82, 2.24) is 5.32 Å². The van der Waals surface area contributed by atoms with Gasteiger partial charge in [0.05, 0.1) is 14.2 Å². The summed E-state index contributed by atoms with van der Waals surface area (Å²) in [4.78, 5) is 0. The van der Waals surface area contributed by atoms with E-state index in [1.807, 2.05) is 13.1 Å². The molecule has 0 amide bonds. The largest absolute Gasteiger partial charge is 0.493 e. The van der Waals surface area contributed by atoms with E-state index in [1.165, 1.54) is 11.1 Å². The first-order chi connectivity index (χ1) is 7.72. The highest BCUT2D eigenvalue weighted by Gasteiger charge is 2.29. The predicted octanol–water partition coefficient (Wildman–Crippen LogP) is 2.67. The summed E-state index contributed by atoms with van der Waals surface area (Å²) in [7, 11) is 5.34. The number of benzene rings is 1. The zero-order valence-electron chi connectivity index (χ0n) is 9.76. The van der Waals surface area contributed by atoms with Crippen LogP contribution in [-0.2, 0) is 6.42 Å². The molecule has 1 N–H and O–H groups in total. The molecule has 1 atom stereocenters. The van der Waals surface area contributed by atoms with Crippen molar-refractivity contribution in [3.63, 3.8) is 0 Å². The zero-order chi connectivity index (χ0) is 11.7. The van der Waals surface area contributed by atoms with Gasteiger partial charge in [0.1, 0.15) is 0 Å². The number of ether oxygens (including phenoxy) is 2. The molecule has 1 aromatic carbocycles. The summed E-state index contributed by atoms with van der Waals surface area (Å²) in [6.07, 6.45) is 2.18. The molecule has 3 nitrogen and oxygen atoms in total. The van der Waals surface area contributed by atoms with Crippen molar-refractivity contribution in [2.45, 2.75) is 18.9 Å². The lowest BCUT2D eigenvalue weighted by Crippen LogP contribution is -2.14. The Morgan fingerprint density at radius 3 is 2.69 bits per heavy atom. The summed E-state index contributed by atoms with van der Waals surface area (Å²) in [6.45, 7) is 0. The van der Waals surface area contributed by atoms with Crippen LogP contribution in [0.15, 0.2) is 10.5 Å². The Morgan fingerprint density at radius 2 is 2.12 bits per heavy atom. The number of nitrogens with one attached hydrogen (secondary N) is 1.